The molecule has 0 bridgehead atoms. The average molecular weight is 447 g/mol. The van der Waals surface area contributed by atoms with E-state index in [1.54, 1.807) is 35.7 Å². The van der Waals surface area contributed by atoms with E-state index >= 15 is 0 Å². The van der Waals surface area contributed by atoms with Crippen molar-refractivity contribution in [2.45, 2.75) is 46.0 Å². The standard InChI is InChI=1S/C24H31ClN2O2S/c1-17(2)13-26-24(29)19(4)27(14-20-8-10-22(25)11-9-20)23(28)16-30-15-21-7-5-6-18(3)12-21/h5-12,17,19H,13-16H2,1-4H3,(H,26,29). The van der Waals surface area contributed by atoms with Crippen LogP contribution < -0.4 is 5.32 Å². The van der Waals surface area contributed by atoms with Gasteiger partial charge in [0.05, 0.1) is 5.75 Å². The number of amides is 2. The second-order valence-corrected chi connectivity index (χ2v) is 9.37. The highest BCUT2D eigenvalue weighted by Crippen LogP contribution is 2.18. The van der Waals surface area contributed by atoms with Gasteiger partial charge in [0.1, 0.15) is 6.04 Å². The molecule has 0 aliphatic heterocycles. The fourth-order valence-electron chi connectivity index (χ4n) is 2.96. The summed E-state index contributed by atoms with van der Waals surface area (Å²) in [4.78, 5) is 27.3. The van der Waals surface area contributed by atoms with Crippen LogP contribution in [0.15, 0.2) is 48.5 Å². The molecule has 4 nitrogen and oxygen atoms in total. The smallest absolute Gasteiger partial charge is 0.242 e. The van der Waals surface area contributed by atoms with Gasteiger partial charge in [-0.3, -0.25) is 9.59 Å². The van der Waals surface area contributed by atoms with E-state index in [0.717, 1.165) is 11.3 Å². The van der Waals surface area contributed by atoms with E-state index in [-0.39, 0.29) is 11.8 Å². The highest BCUT2D eigenvalue weighted by Gasteiger charge is 2.26. The summed E-state index contributed by atoms with van der Waals surface area (Å²) in [5, 5.41) is 3.59. The Balaban J connectivity index is 2.05. The molecule has 0 aliphatic rings. The van der Waals surface area contributed by atoms with Gasteiger partial charge in [-0.15, -0.1) is 11.8 Å². The summed E-state index contributed by atoms with van der Waals surface area (Å²) >= 11 is 7.55. The summed E-state index contributed by atoms with van der Waals surface area (Å²) in [6, 6.07) is 15.1. The van der Waals surface area contributed by atoms with E-state index in [0.29, 0.717) is 29.8 Å². The molecule has 0 saturated heterocycles. The van der Waals surface area contributed by atoms with Crippen molar-refractivity contribution < 1.29 is 9.59 Å². The highest BCUT2D eigenvalue weighted by atomic mass is 35.5. The van der Waals surface area contributed by atoms with Gasteiger partial charge in [0.15, 0.2) is 0 Å². The Bertz CT molecular complexity index is 839. The largest absolute Gasteiger partial charge is 0.354 e. The summed E-state index contributed by atoms with van der Waals surface area (Å²) in [6.45, 7) is 8.90. The number of thioether (sulfide) groups is 1. The van der Waals surface area contributed by atoms with Crippen LogP contribution in [0.25, 0.3) is 0 Å². The van der Waals surface area contributed by atoms with Crippen LogP contribution in [0.3, 0.4) is 0 Å². The Kier molecular flexibility index (Phi) is 9.73. The van der Waals surface area contributed by atoms with Crippen molar-refractivity contribution in [3.8, 4) is 0 Å². The molecule has 0 fully saturated rings. The molecule has 0 aliphatic carbocycles. The molecule has 0 aromatic heterocycles. The van der Waals surface area contributed by atoms with Gasteiger partial charge >= 0.3 is 0 Å². The van der Waals surface area contributed by atoms with Gasteiger partial charge in [-0.05, 0) is 43.0 Å². The van der Waals surface area contributed by atoms with Crippen LogP contribution in [0, 0.1) is 12.8 Å². The number of benzene rings is 2. The van der Waals surface area contributed by atoms with Crippen LogP contribution in [-0.2, 0) is 21.9 Å². The number of rotatable bonds is 10. The first kappa shape index (κ1) is 24.3. The number of carbonyl (C=O) groups excluding carboxylic acids is 2. The van der Waals surface area contributed by atoms with Crippen LogP contribution in [0.2, 0.25) is 5.02 Å². The van der Waals surface area contributed by atoms with Crippen LogP contribution in [-0.4, -0.2) is 35.1 Å². The summed E-state index contributed by atoms with van der Waals surface area (Å²) in [5.41, 5.74) is 3.35. The molecule has 2 aromatic rings. The molecule has 2 amide bonds. The van der Waals surface area contributed by atoms with Crippen LogP contribution >= 0.6 is 23.4 Å². The lowest BCUT2D eigenvalue weighted by Crippen LogP contribution is -2.48. The van der Waals surface area contributed by atoms with Crippen molar-refractivity contribution in [3.63, 3.8) is 0 Å². The Hall–Kier alpha value is -1.98. The first-order valence-electron chi connectivity index (χ1n) is 10.2. The monoisotopic (exact) mass is 446 g/mol. The molecular formula is C24H31ClN2O2S. The maximum Gasteiger partial charge on any atom is 0.242 e. The van der Waals surface area contributed by atoms with E-state index in [9.17, 15) is 9.59 Å². The number of hydrogen-bond acceptors (Lipinski definition) is 3. The molecular weight excluding hydrogens is 416 g/mol. The van der Waals surface area contributed by atoms with Crippen molar-refractivity contribution in [2.75, 3.05) is 12.3 Å². The fraction of sp³-hybridized carbons (Fsp3) is 0.417. The molecule has 2 aromatic carbocycles. The SMILES string of the molecule is Cc1cccc(CSCC(=O)N(Cc2ccc(Cl)cc2)C(C)C(=O)NCC(C)C)c1. The third kappa shape index (κ3) is 8.04. The number of nitrogens with zero attached hydrogens (tertiary/aromatic N) is 1. The molecule has 1 atom stereocenters. The molecule has 0 heterocycles. The number of carbonyl (C=O) groups is 2. The van der Waals surface area contributed by atoms with Crippen molar-refractivity contribution in [1.29, 1.82) is 0 Å². The third-order valence-electron chi connectivity index (χ3n) is 4.69. The molecule has 0 spiro atoms. The zero-order valence-electron chi connectivity index (χ0n) is 18.2. The Labute approximate surface area is 189 Å². The zero-order valence-corrected chi connectivity index (χ0v) is 19.7. The van der Waals surface area contributed by atoms with Gasteiger partial charge in [-0.1, -0.05) is 67.4 Å². The predicted octanol–water partition coefficient (Wildman–Crippen LogP) is 5.07. The molecule has 30 heavy (non-hydrogen) atoms. The Morgan fingerprint density at radius 1 is 1.07 bits per heavy atom. The lowest BCUT2D eigenvalue weighted by atomic mass is 10.1. The first-order chi connectivity index (χ1) is 14.3. The predicted molar refractivity (Wildman–Crippen MR) is 127 cm³/mol. The molecule has 6 heteroatoms. The number of aryl methyl sites for hydroxylation is 1. The van der Waals surface area contributed by atoms with E-state index in [1.165, 1.54) is 11.1 Å². The van der Waals surface area contributed by atoms with Gasteiger partial charge in [0.2, 0.25) is 11.8 Å². The second kappa shape index (κ2) is 12.0. The van der Waals surface area contributed by atoms with Crippen LogP contribution in [0.1, 0.15) is 37.5 Å². The van der Waals surface area contributed by atoms with Crippen LogP contribution in [0.4, 0.5) is 0 Å². The lowest BCUT2D eigenvalue weighted by molar-refractivity contribution is -0.138. The fourth-order valence-corrected chi connectivity index (χ4v) is 3.95. The normalized spacial score (nSPS) is 11.9. The minimum atomic E-state index is -0.550. The maximum absolute atomic E-state index is 13.1. The maximum atomic E-state index is 13.1. The topological polar surface area (TPSA) is 49.4 Å². The van der Waals surface area contributed by atoms with Crippen molar-refractivity contribution in [3.05, 3.63) is 70.2 Å². The minimum Gasteiger partial charge on any atom is -0.354 e. The highest BCUT2D eigenvalue weighted by molar-refractivity contribution is 7.99. The summed E-state index contributed by atoms with van der Waals surface area (Å²) in [7, 11) is 0. The van der Waals surface area contributed by atoms with Gasteiger partial charge < -0.3 is 10.2 Å². The van der Waals surface area contributed by atoms with E-state index in [4.69, 9.17) is 11.6 Å². The average Bonchev–Trinajstić information content (AvgIpc) is 2.71. The molecule has 1 N–H and O–H groups in total. The van der Waals surface area contributed by atoms with Gasteiger partial charge in [0, 0.05) is 23.9 Å². The molecule has 0 saturated carbocycles. The van der Waals surface area contributed by atoms with E-state index in [2.05, 4.69) is 30.4 Å². The van der Waals surface area contributed by atoms with Crippen molar-refractivity contribution >= 4 is 35.2 Å². The summed E-state index contributed by atoms with van der Waals surface area (Å²) < 4.78 is 0. The quantitative estimate of drug-likeness (QED) is 0.554. The zero-order chi connectivity index (χ0) is 22.1. The Morgan fingerprint density at radius 3 is 2.40 bits per heavy atom. The van der Waals surface area contributed by atoms with Crippen LogP contribution in [0.5, 0.6) is 0 Å². The third-order valence-corrected chi connectivity index (χ3v) is 5.94. The van der Waals surface area contributed by atoms with Crippen molar-refractivity contribution in [2.24, 2.45) is 5.92 Å². The summed E-state index contributed by atoms with van der Waals surface area (Å²) in [6.07, 6.45) is 0. The molecule has 1 unspecified atom stereocenters. The number of nitrogens with one attached hydrogen (secondary N) is 1. The lowest BCUT2D eigenvalue weighted by Gasteiger charge is -2.29. The number of halogens is 1. The van der Waals surface area contributed by atoms with Gasteiger partial charge in [0.25, 0.3) is 0 Å². The number of hydrogen-bond donors (Lipinski definition) is 1. The Morgan fingerprint density at radius 2 is 1.77 bits per heavy atom. The minimum absolute atomic E-state index is 0.0465. The molecule has 162 valence electrons. The van der Waals surface area contributed by atoms with Crippen molar-refractivity contribution in [1.82, 2.24) is 10.2 Å². The van der Waals surface area contributed by atoms with Gasteiger partial charge in [-0.2, -0.15) is 0 Å². The van der Waals surface area contributed by atoms with E-state index < -0.39 is 6.04 Å². The van der Waals surface area contributed by atoms with Gasteiger partial charge in [-0.25, -0.2) is 0 Å². The summed E-state index contributed by atoms with van der Waals surface area (Å²) in [5.74, 6) is 1.26. The second-order valence-electron chi connectivity index (χ2n) is 7.94. The van der Waals surface area contributed by atoms with E-state index in [1.807, 2.05) is 32.0 Å². The molecule has 2 rings (SSSR count). The molecule has 0 radical (unpaired) electrons. The first-order valence-corrected chi connectivity index (χ1v) is 11.7.